The van der Waals surface area contributed by atoms with Crippen molar-refractivity contribution in [1.29, 1.82) is 0 Å². The van der Waals surface area contributed by atoms with Crippen LogP contribution < -0.4 is 0 Å². The zero-order valence-electron chi connectivity index (χ0n) is 7.30. The van der Waals surface area contributed by atoms with E-state index in [1.165, 1.54) is 18.7 Å². The predicted octanol–water partition coefficient (Wildman–Crippen LogP) is 1.51. The molecule has 0 saturated carbocycles. The van der Waals surface area contributed by atoms with Crippen LogP contribution in [0.2, 0.25) is 0 Å². The first kappa shape index (κ1) is 8.34. The molecule has 11 heavy (non-hydrogen) atoms. The summed E-state index contributed by atoms with van der Waals surface area (Å²) in [4.78, 5) is 5.40. The molecule has 0 atom stereocenters. The second-order valence-electron chi connectivity index (χ2n) is 3.10. The topological polar surface area (TPSA) is 19.0 Å². The minimum atomic E-state index is 1.16. The van der Waals surface area contributed by atoms with Gasteiger partial charge in [-0.1, -0.05) is 0 Å². The minimum absolute atomic E-state index is 1.16. The molecule has 2 heteroatoms. The Morgan fingerprint density at radius 3 is 2.82 bits per heavy atom. The minimum Gasteiger partial charge on any atom is -0.365 e. The first-order valence-electron chi connectivity index (χ1n) is 4.06. The van der Waals surface area contributed by atoms with Gasteiger partial charge in [0.2, 0.25) is 0 Å². The van der Waals surface area contributed by atoms with Crippen molar-refractivity contribution in [3.05, 3.63) is 24.0 Å². The second kappa shape index (κ2) is 4.19. The quantitative estimate of drug-likeness (QED) is 0.693. The van der Waals surface area contributed by atoms with Crippen molar-refractivity contribution in [3.8, 4) is 0 Å². The average Bonchev–Trinajstić information content (AvgIpc) is 2.39. The Kier molecular flexibility index (Phi) is 3.17. The Morgan fingerprint density at radius 2 is 2.27 bits per heavy atom. The number of aryl methyl sites for hydroxylation is 1. The highest BCUT2D eigenvalue weighted by Crippen LogP contribution is 1.98. The third-order valence-electron chi connectivity index (χ3n) is 1.71. The second-order valence-corrected chi connectivity index (χ2v) is 3.10. The van der Waals surface area contributed by atoms with Crippen molar-refractivity contribution in [3.63, 3.8) is 0 Å². The Hall–Kier alpha value is -0.760. The van der Waals surface area contributed by atoms with E-state index in [0.29, 0.717) is 0 Å². The first-order valence-corrected chi connectivity index (χ1v) is 4.06. The SMILES string of the molecule is CN(C)CCCc1ccc[nH]1. The third kappa shape index (κ3) is 3.23. The maximum Gasteiger partial charge on any atom is 0.0147 e. The van der Waals surface area contributed by atoms with E-state index < -0.39 is 0 Å². The average molecular weight is 152 g/mol. The molecule has 0 spiro atoms. The number of H-pyrrole nitrogens is 1. The van der Waals surface area contributed by atoms with Crippen molar-refractivity contribution in [1.82, 2.24) is 9.88 Å². The van der Waals surface area contributed by atoms with Gasteiger partial charge in [-0.05, 0) is 45.6 Å². The Bertz CT molecular complexity index is 177. The zero-order chi connectivity index (χ0) is 8.10. The summed E-state index contributed by atoms with van der Waals surface area (Å²) in [6.07, 6.45) is 4.36. The van der Waals surface area contributed by atoms with E-state index in [-0.39, 0.29) is 0 Å². The van der Waals surface area contributed by atoms with Gasteiger partial charge in [-0.2, -0.15) is 0 Å². The van der Waals surface area contributed by atoms with E-state index >= 15 is 0 Å². The number of nitrogens with zero attached hydrogens (tertiary/aromatic N) is 1. The van der Waals surface area contributed by atoms with Crippen molar-refractivity contribution in [2.24, 2.45) is 0 Å². The molecule has 0 aliphatic carbocycles. The van der Waals surface area contributed by atoms with Gasteiger partial charge in [0.05, 0.1) is 0 Å². The fourth-order valence-corrected chi connectivity index (χ4v) is 1.11. The highest BCUT2D eigenvalue weighted by Gasteiger charge is 1.93. The molecule has 62 valence electrons. The standard InChI is InChI=1S/C9H16N2/c1-11(2)8-4-6-9-5-3-7-10-9/h3,5,7,10H,4,6,8H2,1-2H3. The molecule has 0 amide bonds. The van der Waals surface area contributed by atoms with Gasteiger partial charge in [-0.3, -0.25) is 0 Å². The zero-order valence-corrected chi connectivity index (χ0v) is 7.30. The summed E-state index contributed by atoms with van der Waals surface area (Å²) in [5.41, 5.74) is 1.34. The van der Waals surface area contributed by atoms with Crippen molar-refractivity contribution in [2.45, 2.75) is 12.8 Å². The fourth-order valence-electron chi connectivity index (χ4n) is 1.11. The lowest BCUT2D eigenvalue weighted by Gasteiger charge is -2.07. The van der Waals surface area contributed by atoms with Gasteiger partial charge in [0.25, 0.3) is 0 Å². The lowest BCUT2D eigenvalue weighted by molar-refractivity contribution is 0.399. The number of hydrogen-bond donors (Lipinski definition) is 1. The van der Waals surface area contributed by atoms with Crippen molar-refractivity contribution < 1.29 is 0 Å². The van der Waals surface area contributed by atoms with E-state index in [1.807, 2.05) is 12.3 Å². The summed E-state index contributed by atoms with van der Waals surface area (Å²) in [7, 11) is 4.21. The monoisotopic (exact) mass is 152 g/mol. The fraction of sp³-hybridized carbons (Fsp3) is 0.556. The summed E-state index contributed by atoms with van der Waals surface area (Å²) in [5, 5.41) is 0. The van der Waals surface area contributed by atoms with Gasteiger partial charge in [-0.25, -0.2) is 0 Å². The van der Waals surface area contributed by atoms with Crippen LogP contribution in [-0.4, -0.2) is 30.5 Å². The van der Waals surface area contributed by atoms with Crippen LogP contribution in [0.15, 0.2) is 18.3 Å². The molecule has 1 aromatic heterocycles. The molecule has 0 unspecified atom stereocenters. The molecular weight excluding hydrogens is 136 g/mol. The molecule has 0 aliphatic heterocycles. The molecule has 1 heterocycles. The largest absolute Gasteiger partial charge is 0.365 e. The van der Waals surface area contributed by atoms with Gasteiger partial charge >= 0.3 is 0 Å². The number of rotatable bonds is 4. The first-order chi connectivity index (χ1) is 5.29. The van der Waals surface area contributed by atoms with E-state index in [4.69, 9.17) is 0 Å². The van der Waals surface area contributed by atoms with Gasteiger partial charge in [0.1, 0.15) is 0 Å². The highest BCUT2D eigenvalue weighted by molar-refractivity contribution is 5.03. The van der Waals surface area contributed by atoms with Crippen LogP contribution in [0, 0.1) is 0 Å². The van der Waals surface area contributed by atoms with Crippen LogP contribution in [0.25, 0.3) is 0 Å². The normalized spacial score (nSPS) is 10.8. The highest BCUT2D eigenvalue weighted by atomic mass is 15.0. The molecule has 0 aliphatic rings. The number of aromatic amines is 1. The van der Waals surface area contributed by atoms with Crippen LogP contribution in [0.1, 0.15) is 12.1 Å². The smallest absolute Gasteiger partial charge is 0.0147 e. The van der Waals surface area contributed by atoms with Crippen LogP contribution >= 0.6 is 0 Å². The number of hydrogen-bond acceptors (Lipinski definition) is 1. The summed E-state index contributed by atoms with van der Waals surface area (Å²) in [6, 6.07) is 4.18. The van der Waals surface area contributed by atoms with Gasteiger partial charge < -0.3 is 9.88 Å². The maximum atomic E-state index is 3.19. The van der Waals surface area contributed by atoms with Gasteiger partial charge in [-0.15, -0.1) is 0 Å². The Balaban J connectivity index is 2.14. The Morgan fingerprint density at radius 1 is 1.45 bits per heavy atom. The molecule has 2 nitrogen and oxygen atoms in total. The lowest BCUT2D eigenvalue weighted by atomic mass is 10.2. The van der Waals surface area contributed by atoms with Gasteiger partial charge in [0, 0.05) is 11.9 Å². The molecule has 1 rings (SSSR count). The van der Waals surface area contributed by atoms with Crippen LogP contribution in [0.5, 0.6) is 0 Å². The maximum absolute atomic E-state index is 3.19. The Labute approximate surface area is 68.2 Å². The van der Waals surface area contributed by atoms with Crippen molar-refractivity contribution in [2.75, 3.05) is 20.6 Å². The van der Waals surface area contributed by atoms with Gasteiger partial charge in [0.15, 0.2) is 0 Å². The third-order valence-corrected chi connectivity index (χ3v) is 1.71. The molecule has 0 radical (unpaired) electrons. The molecule has 1 N–H and O–H groups in total. The van der Waals surface area contributed by atoms with E-state index in [0.717, 1.165) is 6.42 Å². The number of nitrogens with one attached hydrogen (secondary N) is 1. The van der Waals surface area contributed by atoms with E-state index in [2.05, 4.69) is 30.0 Å². The van der Waals surface area contributed by atoms with E-state index in [1.54, 1.807) is 0 Å². The van der Waals surface area contributed by atoms with E-state index in [9.17, 15) is 0 Å². The summed E-state index contributed by atoms with van der Waals surface area (Å²) < 4.78 is 0. The molecular formula is C9H16N2. The molecule has 0 aromatic carbocycles. The van der Waals surface area contributed by atoms with Crippen LogP contribution in [-0.2, 0) is 6.42 Å². The summed E-state index contributed by atoms with van der Waals surface area (Å²) in [5.74, 6) is 0. The van der Waals surface area contributed by atoms with Crippen LogP contribution in [0.4, 0.5) is 0 Å². The predicted molar refractivity (Wildman–Crippen MR) is 47.7 cm³/mol. The van der Waals surface area contributed by atoms with Crippen molar-refractivity contribution >= 4 is 0 Å². The lowest BCUT2D eigenvalue weighted by Crippen LogP contribution is -2.13. The van der Waals surface area contributed by atoms with Crippen LogP contribution in [0.3, 0.4) is 0 Å². The molecule has 0 saturated heterocycles. The summed E-state index contributed by atoms with van der Waals surface area (Å²) >= 11 is 0. The number of aromatic nitrogens is 1. The summed E-state index contributed by atoms with van der Waals surface area (Å²) in [6.45, 7) is 1.17. The molecule has 1 aromatic rings. The molecule has 0 fully saturated rings. The molecule has 0 bridgehead atoms.